The van der Waals surface area contributed by atoms with E-state index in [1.807, 2.05) is 18.2 Å². The maximum absolute atomic E-state index is 4.24. The van der Waals surface area contributed by atoms with Crippen molar-refractivity contribution in [1.82, 2.24) is 0 Å². The van der Waals surface area contributed by atoms with Crippen molar-refractivity contribution in [1.29, 1.82) is 0 Å². The van der Waals surface area contributed by atoms with Crippen molar-refractivity contribution in [3.05, 3.63) is 138 Å². The maximum atomic E-state index is 4.24. The highest BCUT2D eigenvalue weighted by Crippen LogP contribution is 2.53. The summed E-state index contributed by atoms with van der Waals surface area (Å²) in [7, 11) is 0. The molecule has 5 rings (SSSR count). The van der Waals surface area contributed by atoms with Gasteiger partial charge in [-0.3, -0.25) is 0 Å². The smallest absolute Gasteiger partial charge is 0.108 e. The van der Waals surface area contributed by atoms with Crippen LogP contribution in [0.5, 0.6) is 0 Å². The van der Waals surface area contributed by atoms with E-state index in [0.29, 0.717) is 0 Å². The predicted octanol–water partition coefficient (Wildman–Crippen LogP) is 8.97. The fourth-order valence-electron chi connectivity index (χ4n) is 5.68. The molecule has 1 atom stereocenters. The van der Waals surface area contributed by atoms with E-state index in [-0.39, 0.29) is 6.17 Å². The average Bonchev–Trinajstić information content (AvgIpc) is 3.20. The predicted molar refractivity (Wildman–Crippen MR) is 156 cm³/mol. The van der Waals surface area contributed by atoms with Gasteiger partial charge in [0.05, 0.1) is 17.1 Å². The van der Waals surface area contributed by atoms with Crippen LogP contribution in [-0.4, -0.2) is 6.17 Å². The first-order chi connectivity index (χ1) is 17.5. The van der Waals surface area contributed by atoms with Crippen LogP contribution in [0, 0.1) is 0 Å². The second-order valence-corrected chi connectivity index (χ2v) is 9.36. The van der Waals surface area contributed by atoms with Crippen molar-refractivity contribution in [2.24, 2.45) is 0 Å². The van der Waals surface area contributed by atoms with Gasteiger partial charge in [0.2, 0.25) is 0 Å². The number of anilines is 3. The van der Waals surface area contributed by atoms with Crippen LogP contribution in [0.3, 0.4) is 0 Å². The monoisotopic (exact) mass is 468 g/mol. The first-order valence-electron chi connectivity index (χ1n) is 12.4. The summed E-state index contributed by atoms with van der Waals surface area (Å²) in [5, 5.41) is 0. The number of hydrogen-bond donors (Lipinski definition) is 0. The maximum Gasteiger partial charge on any atom is 0.108 e. The van der Waals surface area contributed by atoms with E-state index in [2.05, 4.69) is 123 Å². The molecule has 178 valence electrons. The molecule has 2 heterocycles. The minimum atomic E-state index is 0.0558. The Morgan fingerprint density at radius 3 is 2.25 bits per heavy atom. The number of rotatable bonds is 4. The zero-order valence-corrected chi connectivity index (χ0v) is 21.4. The van der Waals surface area contributed by atoms with Crippen LogP contribution < -0.4 is 9.80 Å². The second-order valence-electron chi connectivity index (χ2n) is 9.36. The molecule has 0 fully saturated rings. The summed E-state index contributed by atoms with van der Waals surface area (Å²) in [4.78, 5) is 4.91. The summed E-state index contributed by atoms with van der Waals surface area (Å²) in [5.74, 6) is 0. The Morgan fingerprint density at radius 1 is 0.861 bits per heavy atom. The molecule has 0 bridgehead atoms. The van der Waals surface area contributed by atoms with Gasteiger partial charge in [-0.1, -0.05) is 86.5 Å². The van der Waals surface area contributed by atoms with Gasteiger partial charge in [0.25, 0.3) is 0 Å². The Hall–Kier alpha value is -4.26. The lowest BCUT2D eigenvalue weighted by atomic mass is 9.88. The minimum absolute atomic E-state index is 0.0558. The van der Waals surface area contributed by atoms with Crippen LogP contribution in [0.4, 0.5) is 17.1 Å². The van der Waals surface area contributed by atoms with Crippen molar-refractivity contribution < 1.29 is 0 Å². The van der Waals surface area contributed by atoms with Gasteiger partial charge in [-0.2, -0.15) is 0 Å². The molecule has 0 unspecified atom stereocenters. The van der Waals surface area contributed by atoms with Gasteiger partial charge in [0.1, 0.15) is 6.17 Å². The number of benzene rings is 3. The van der Waals surface area contributed by atoms with Gasteiger partial charge in [-0.05, 0) is 73.2 Å². The molecule has 0 N–H and O–H groups in total. The van der Waals surface area contributed by atoms with Crippen LogP contribution in [0.1, 0.15) is 31.9 Å². The fourth-order valence-corrected chi connectivity index (χ4v) is 5.68. The van der Waals surface area contributed by atoms with Gasteiger partial charge < -0.3 is 9.80 Å². The van der Waals surface area contributed by atoms with Crippen LogP contribution >= 0.6 is 0 Å². The summed E-state index contributed by atoms with van der Waals surface area (Å²) in [6.07, 6.45) is 6.78. The molecule has 0 amide bonds. The zero-order chi connectivity index (χ0) is 25.4. The van der Waals surface area contributed by atoms with Crippen molar-refractivity contribution in [2.45, 2.75) is 33.4 Å². The topological polar surface area (TPSA) is 6.48 Å². The first-order valence-corrected chi connectivity index (χ1v) is 12.4. The average molecular weight is 469 g/mol. The molecule has 3 aromatic rings. The largest absolute Gasteiger partial charge is 0.322 e. The molecule has 2 nitrogen and oxygen atoms in total. The molecule has 0 spiro atoms. The van der Waals surface area contributed by atoms with Crippen molar-refractivity contribution >= 4 is 22.6 Å². The molecule has 0 saturated carbocycles. The van der Waals surface area contributed by atoms with E-state index in [0.717, 1.165) is 17.6 Å². The highest BCUT2D eigenvalue weighted by Gasteiger charge is 2.38. The third-order valence-electron chi connectivity index (χ3n) is 7.45. The molecule has 0 aliphatic carbocycles. The molecule has 2 aliphatic rings. The van der Waals surface area contributed by atoms with E-state index in [1.165, 1.54) is 50.6 Å². The summed E-state index contributed by atoms with van der Waals surface area (Å²) >= 11 is 0. The minimum Gasteiger partial charge on any atom is -0.322 e. The Balaban J connectivity index is 1.93. The zero-order valence-electron chi connectivity index (χ0n) is 21.4. The SMILES string of the molecule is C=C=C/C(C)=C(\C)N1c2cccc3c2N(c2ccccc2-c2ccccc2C/C(C=C)=C\3C=C)[C@@H]1C. The number of para-hydroxylation sites is 2. The summed E-state index contributed by atoms with van der Waals surface area (Å²) < 4.78 is 0. The standard InChI is InChI=1S/C34H32N2/c1-7-15-23(4)24(5)35-25(6)36-32-20-13-12-18-30(32)29-17-11-10-16-27(29)22-26(8-2)28(9-3)31-19-14-21-33(35)34(31)36/h8-21,25H,1-3,22H2,4-6H3/b24-23+,28-26-/t25-/m1/s1. The first kappa shape index (κ1) is 23.5. The summed E-state index contributed by atoms with van der Waals surface area (Å²) in [6.45, 7) is 18.8. The van der Waals surface area contributed by atoms with Crippen LogP contribution in [-0.2, 0) is 6.42 Å². The van der Waals surface area contributed by atoms with Crippen LogP contribution in [0.25, 0.3) is 16.7 Å². The van der Waals surface area contributed by atoms with Gasteiger partial charge in [0, 0.05) is 16.8 Å². The van der Waals surface area contributed by atoms with Gasteiger partial charge in [-0.25, -0.2) is 0 Å². The Labute approximate surface area is 215 Å². The molecular weight excluding hydrogens is 436 g/mol. The van der Waals surface area contributed by atoms with Crippen molar-refractivity contribution in [2.75, 3.05) is 9.80 Å². The van der Waals surface area contributed by atoms with Gasteiger partial charge in [-0.15, -0.1) is 5.73 Å². The number of allylic oxidation sites excluding steroid dienone is 7. The lowest BCUT2D eigenvalue weighted by molar-refractivity contribution is 0.730. The van der Waals surface area contributed by atoms with Gasteiger partial charge >= 0.3 is 0 Å². The number of hydrogen-bond acceptors (Lipinski definition) is 2. The highest BCUT2D eigenvalue weighted by atomic mass is 15.4. The Kier molecular flexibility index (Phi) is 6.14. The molecule has 0 aromatic heterocycles. The van der Waals surface area contributed by atoms with E-state index in [1.54, 1.807) is 0 Å². The molecule has 2 aliphatic heterocycles. The third-order valence-corrected chi connectivity index (χ3v) is 7.45. The second kappa shape index (κ2) is 9.41. The fraction of sp³-hybridized carbons (Fsp3) is 0.147. The highest BCUT2D eigenvalue weighted by molar-refractivity contribution is 6.00. The lowest BCUT2D eigenvalue weighted by Crippen LogP contribution is -2.38. The molecule has 2 heteroatoms. The van der Waals surface area contributed by atoms with E-state index in [4.69, 9.17) is 0 Å². The molecule has 36 heavy (non-hydrogen) atoms. The number of nitrogens with zero attached hydrogens (tertiary/aromatic N) is 2. The summed E-state index contributed by atoms with van der Waals surface area (Å²) in [5.41, 5.74) is 16.1. The van der Waals surface area contributed by atoms with Crippen LogP contribution in [0.2, 0.25) is 0 Å². The molecule has 0 saturated heterocycles. The Morgan fingerprint density at radius 2 is 1.53 bits per heavy atom. The molecule has 3 aromatic carbocycles. The summed E-state index contributed by atoms with van der Waals surface area (Å²) in [6, 6.07) is 24.1. The van der Waals surface area contributed by atoms with Crippen molar-refractivity contribution in [3.63, 3.8) is 0 Å². The normalized spacial score (nSPS) is 18.8. The lowest BCUT2D eigenvalue weighted by Gasteiger charge is -2.33. The van der Waals surface area contributed by atoms with E-state index < -0.39 is 0 Å². The number of fused-ring (bicyclic) bond motifs is 4. The molecule has 0 radical (unpaired) electrons. The molecular formula is C34H32N2. The quantitative estimate of drug-likeness (QED) is 0.278. The van der Waals surface area contributed by atoms with E-state index >= 15 is 0 Å². The van der Waals surface area contributed by atoms with Gasteiger partial charge in [0.15, 0.2) is 0 Å². The van der Waals surface area contributed by atoms with E-state index in [9.17, 15) is 0 Å². The van der Waals surface area contributed by atoms with Crippen molar-refractivity contribution in [3.8, 4) is 11.1 Å². The Bertz CT molecular complexity index is 1490. The van der Waals surface area contributed by atoms with Crippen LogP contribution in [0.15, 0.2) is 127 Å². The third kappa shape index (κ3) is 3.59.